The molecule has 0 atom stereocenters. The highest BCUT2D eigenvalue weighted by Gasteiger charge is 2.12. The van der Waals surface area contributed by atoms with Crippen LogP contribution in [-0.4, -0.2) is 14.4 Å². The highest BCUT2D eigenvalue weighted by Crippen LogP contribution is 2.23. The highest BCUT2D eigenvalue weighted by atomic mass is 32.1. The van der Waals surface area contributed by atoms with Gasteiger partial charge in [0.1, 0.15) is 0 Å². The van der Waals surface area contributed by atoms with Crippen molar-refractivity contribution in [2.24, 2.45) is 0 Å². The maximum Gasteiger partial charge on any atom is 0.324 e. The number of aromatic nitrogens is 1. The van der Waals surface area contributed by atoms with Crippen molar-refractivity contribution >= 4 is 22.0 Å². The molecule has 19 heavy (non-hydrogen) atoms. The summed E-state index contributed by atoms with van der Waals surface area (Å²) in [6.45, 7) is 0.0604. The molecule has 2 aromatic rings. The van der Waals surface area contributed by atoms with Gasteiger partial charge in [0, 0.05) is 23.6 Å². The average molecular weight is 281 g/mol. The van der Waals surface area contributed by atoms with Gasteiger partial charge >= 0.3 is 5.00 Å². The van der Waals surface area contributed by atoms with Gasteiger partial charge in [0.25, 0.3) is 11.2 Å². The summed E-state index contributed by atoms with van der Waals surface area (Å²) in [4.78, 5) is 31.6. The Labute approximate surface area is 109 Å². The monoisotopic (exact) mass is 281 g/mol. The van der Waals surface area contributed by atoms with E-state index in [1.54, 1.807) is 5.38 Å². The molecule has 0 radical (unpaired) electrons. The largest absolute Gasteiger partial charge is 0.324 e. The molecule has 0 aromatic carbocycles. The summed E-state index contributed by atoms with van der Waals surface area (Å²) < 4.78 is 1.14. The van der Waals surface area contributed by atoms with Crippen LogP contribution in [0.5, 0.6) is 0 Å². The molecule has 0 saturated heterocycles. The Morgan fingerprint density at radius 2 is 1.95 bits per heavy atom. The maximum atomic E-state index is 11.5. The van der Waals surface area contributed by atoms with E-state index < -0.39 is 15.4 Å². The quantitative estimate of drug-likeness (QED) is 0.626. The normalized spacial score (nSPS) is 10.3. The first kappa shape index (κ1) is 12.9. The van der Waals surface area contributed by atoms with Crippen LogP contribution < -0.4 is 5.56 Å². The van der Waals surface area contributed by atoms with Crippen molar-refractivity contribution in [2.45, 2.75) is 6.54 Å². The van der Waals surface area contributed by atoms with Crippen LogP contribution in [0.1, 0.15) is 5.56 Å². The van der Waals surface area contributed by atoms with Gasteiger partial charge < -0.3 is 4.57 Å². The van der Waals surface area contributed by atoms with Gasteiger partial charge in [-0.2, -0.15) is 0 Å². The first-order valence-electron chi connectivity index (χ1n) is 5.04. The van der Waals surface area contributed by atoms with Gasteiger partial charge in [-0.3, -0.25) is 25.0 Å². The van der Waals surface area contributed by atoms with E-state index in [0.29, 0.717) is 5.56 Å². The summed E-state index contributed by atoms with van der Waals surface area (Å²) in [7, 11) is 0. The summed E-state index contributed by atoms with van der Waals surface area (Å²) in [5.41, 5.74) is -0.0527. The van der Waals surface area contributed by atoms with Crippen molar-refractivity contribution in [1.29, 1.82) is 0 Å². The summed E-state index contributed by atoms with van der Waals surface area (Å²) in [6.07, 6.45) is 1.12. The third-order valence-electron chi connectivity index (χ3n) is 2.35. The molecule has 0 N–H and O–H groups in total. The minimum absolute atomic E-state index is 0.0338. The molecule has 0 amide bonds. The Morgan fingerprint density at radius 1 is 1.21 bits per heavy atom. The molecule has 0 spiro atoms. The van der Waals surface area contributed by atoms with Crippen molar-refractivity contribution < 1.29 is 9.85 Å². The van der Waals surface area contributed by atoms with Crippen LogP contribution in [-0.2, 0) is 6.54 Å². The lowest BCUT2D eigenvalue weighted by Gasteiger charge is -2.02. The van der Waals surface area contributed by atoms with E-state index in [2.05, 4.69) is 0 Å². The van der Waals surface area contributed by atoms with Gasteiger partial charge in [0.15, 0.2) is 0 Å². The number of pyridine rings is 1. The molecular weight excluding hydrogens is 274 g/mol. The van der Waals surface area contributed by atoms with E-state index in [-0.39, 0.29) is 17.2 Å². The summed E-state index contributed by atoms with van der Waals surface area (Å²) in [5, 5.41) is 22.7. The minimum Gasteiger partial charge on any atom is -0.304 e. The number of thiophene rings is 1. The van der Waals surface area contributed by atoms with Crippen LogP contribution in [0, 0.1) is 20.2 Å². The zero-order valence-electron chi connectivity index (χ0n) is 9.38. The molecule has 0 fully saturated rings. The average Bonchev–Trinajstić information content (AvgIpc) is 2.80. The molecule has 0 aliphatic heterocycles. The fourth-order valence-corrected chi connectivity index (χ4v) is 2.21. The second-order valence-corrected chi connectivity index (χ2v) is 4.55. The standard InChI is InChI=1S/C10H7N3O5S/c14-9-2-1-8(12(15)16)5-11(9)4-7-3-10(13(17)18)19-6-7/h1-3,5-6H,4H2. The first-order chi connectivity index (χ1) is 8.97. The molecular formula is C10H7N3O5S. The molecule has 0 bridgehead atoms. The molecule has 0 unspecified atom stereocenters. The molecule has 2 aromatic heterocycles. The van der Waals surface area contributed by atoms with Crippen molar-refractivity contribution in [3.8, 4) is 0 Å². The Morgan fingerprint density at radius 3 is 2.53 bits per heavy atom. The molecule has 9 heteroatoms. The molecule has 0 aliphatic rings. The van der Waals surface area contributed by atoms with Crippen LogP contribution in [0.3, 0.4) is 0 Å². The minimum atomic E-state index is -0.605. The Bertz CT molecular complexity index is 705. The predicted molar refractivity (Wildman–Crippen MR) is 67.4 cm³/mol. The SMILES string of the molecule is O=c1ccc([N+](=O)[O-])cn1Cc1csc([N+](=O)[O-])c1. The Kier molecular flexibility index (Phi) is 3.38. The fraction of sp³-hybridized carbons (Fsp3) is 0.100. The van der Waals surface area contributed by atoms with Crippen molar-refractivity contribution in [3.05, 3.63) is 65.9 Å². The van der Waals surface area contributed by atoms with Crippen LogP contribution >= 0.6 is 11.3 Å². The fourth-order valence-electron chi connectivity index (χ4n) is 1.49. The number of nitro groups is 2. The summed E-state index contributed by atoms with van der Waals surface area (Å²) in [6, 6.07) is 3.56. The summed E-state index contributed by atoms with van der Waals surface area (Å²) >= 11 is 0.945. The number of hydrogen-bond acceptors (Lipinski definition) is 6. The van der Waals surface area contributed by atoms with E-state index >= 15 is 0 Å². The van der Waals surface area contributed by atoms with Gasteiger partial charge in [-0.25, -0.2) is 0 Å². The lowest BCUT2D eigenvalue weighted by Crippen LogP contribution is -2.19. The van der Waals surface area contributed by atoms with Crippen LogP contribution in [0.25, 0.3) is 0 Å². The Balaban J connectivity index is 2.31. The summed E-state index contributed by atoms with van der Waals surface area (Å²) in [5.74, 6) is 0. The number of hydrogen-bond donors (Lipinski definition) is 0. The maximum absolute atomic E-state index is 11.5. The zero-order chi connectivity index (χ0) is 14.0. The lowest BCUT2D eigenvalue weighted by molar-refractivity contribution is -0.385. The van der Waals surface area contributed by atoms with E-state index in [1.165, 1.54) is 6.07 Å². The van der Waals surface area contributed by atoms with Gasteiger partial charge in [-0.05, 0) is 5.56 Å². The predicted octanol–water partition coefficient (Wildman–Crippen LogP) is 1.77. The van der Waals surface area contributed by atoms with Gasteiger partial charge in [-0.15, -0.1) is 0 Å². The molecule has 0 saturated carbocycles. The van der Waals surface area contributed by atoms with Gasteiger partial charge in [0.05, 0.1) is 22.6 Å². The van der Waals surface area contributed by atoms with Crippen molar-refractivity contribution in [1.82, 2.24) is 4.57 Å². The zero-order valence-corrected chi connectivity index (χ0v) is 10.2. The third-order valence-corrected chi connectivity index (χ3v) is 3.28. The van der Waals surface area contributed by atoms with Crippen LogP contribution in [0.4, 0.5) is 10.7 Å². The first-order valence-corrected chi connectivity index (χ1v) is 5.92. The third kappa shape index (κ3) is 2.83. The smallest absolute Gasteiger partial charge is 0.304 e. The molecule has 0 aliphatic carbocycles. The van der Waals surface area contributed by atoms with Gasteiger partial charge in [0.2, 0.25) is 0 Å². The second-order valence-electron chi connectivity index (χ2n) is 3.66. The highest BCUT2D eigenvalue weighted by molar-refractivity contribution is 7.13. The lowest BCUT2D eigenvalue weighted by atomic mass is 10.3. The van der Waals surface area contributed by atoms with Crippen LogP contribution in [0.15, 0.2) is 34.6 Å². The van der Waals surface area contributed by atoms with Crippen molar-refractivity contribution in [3.63, 3.8) is 0 Å². The molecule has 98 valence electrons. The van der Waals surface area contributed by atoms with E-state index in [0.717, 1.165) is 34.2 Å². The molecule has 2 rings (SSSR count). The van der Waals surface area contributed by atoms with Crippen LogP contribution in [0.2, 0.25) is 0 Å². The molecule has 8 nitrogen and oxygen atoms in total. The van der Waals surface area contributed by atoms with E-state index in [9.17, 15) is 25.0 Å². The number of rotatable bonds is 4. The van der Waals surface area contributed by atoms with Gasteiger partial charge in [-0.1, -0.05) is 11.3 Å². The van der Waals surface area contributed by atoms with E-state index in [1.807, 2.05) is 0 Å². The Hall–Kier alpha value is -2.55. The topological polar surface area (TPSA) is 108 Å². The second kappa shape index (κ2) is 4.98. The van der Waals surface area contributed by atoms with Crippen molar-refractivity contribution in [2.75, 3.05) is 0 Å². The number of nitrogens with zero attached hydrogens (tertiary/aromatic N) is 3. The molecule has 2 heterocycles. The van der Waals surface area contributed by atoms with E-state index in [4.69, 9.17) is 0 Å².